The van der Waals surface area contributed by atoms with Gasteiger partial charge in [0.15, 0.2) is 0 Å². The number of hydrogen-bond donors (Lipinski definition) is 1. The van der Waals surface area contributed by atoms with Gasteiger partial charge in [-0.05, 0) is 31.4 Å². The molecule has 0 aromatic carbocycles. The van der Waals surface area contributed by atoms with Crippen LogP contribution in [0, 0.1) is 5.92 Å². The van der Waals surface area contributed by atoms with Crippen LogP contribution >= 0.6 is 0 Å². The van der Waals surface area contributed by atoms with Crippen LogP contribution in [-0.4, -0.2) is 32.7 Å². The lowest BCUT2D eigenvalue weighted by Gasteiger charge is -2.30. The van der Waals surface area contributed by atoms with Gasteiger partial charge in [0.25, 0.3) is 5.91 Å². The average molecular weight is 338 g/mol. The van der Waals surface area contributed by atoms with Crippen molar-refractivity contribution >= 4 is 5.91 Å². The lowest BCUT2D eigenvalue weighted by molar-refractivity contribution is -0.183. The molecule has 0 spiro atoms. The zero-order chi connectivity index (χ0) is 17.2. The number of hydrogen-bond acceptors (Lipinski definition) is 3. The molecule has 8 heteroatoms. The fourth-order valence-corrected chi connectivity index (χ4v) is 2.99. The molecule has 128 valence electrons. The fraction of sp³-hybridized carbons (Fsp3) is 0.438. The van der Waals surface area contributed by atoms with Crippen molar-refractivity contribution < 1.29 is 18.0 Å². The van der Waals surface area contributed by atoms with Crippen molar-refractivity contribution in [2.24, 2.45) is 5.92 Å². The van der Waals surface area contributed by atoms with E-state index in [2.05, 4.69) is 15.3 Å². The van der Waals surface area contributed by atoms with E-state index in [1.54, 1.807) is 35.4 Å². The summed E-state index contributed by atoms with van der Waals surface area (Å²) in [5, 5.41) is 2.68. The molecule has 2 unspecified atom stereocenters. The fourth-order valence-electron chi connectivity index (χ4n) is 2.99. The van der Waals surface area contributed by atoms with Crippen LogP contribution < -0.4 is 5.32 Å². The number of rotatable bonds is 3. The number of carbonyl (C=O) groups excluding carboxylic acids is 1. The summed E-state index contributed by atoms with van der Waals surface area (Å²) in [6, 6.07) is 2.83. The first-order chi connectivity index (χ1) is 11.4. The van der Waals surface area contributed by atoms with E-state index in [1.165, 1.54) is 6.20 Å². The molecule has 5 nitrogen and oxygen atoms in total. The number of alkyl halides is 3. The number of imidazole rings is 1. The third-order valence-electron chi connectivity index (χ3n) is 4.25. The molecule has 0 aliphatic heterocycles. The standard InChI is InChI=1S/C16H17F3N4O/c17-16(18,19)11-2-1-3-12(8-11)22-15(24)14-9-13(4-5-21-14)23-7-6-20-10-23/h4-7,9-12H,1-3,8H2,(H,22,24). The summed E-state index contributed by atoms with van der Waals surface area (Å²) in [7, 11) is 0. The maximum absolute atomic E-state index is 12.9. The van der Waals surface area contributed by atoms with Crippen LogP contribution in [0.5, 0.6) is 0 Å². The highest BCUT2D eigenvalue weighted by Gasteiger charge is 2.42. The smallest absolute Gasteiger partial charge is 0.348 e. The summed E-state index contributed by atoms with van der Waals surface area (Å²) in [6.07, 6.45) is 3.28. The molecule has 1 aliphatic rings. The van der Waals surface area contributed by atoms with Crippen LogP contribution in [0.4, 0.5) is 13.2 Å². The Morgan fingerprint density at radius 3 is 2.83 bits per heavy atom. The predicted octanol–water partition coefficient (Wildman–Crippen LogP) is 3.12. The van der Waals surface area contributed by atoms with E-state index in [4.69, 9.17) is 0 Å². The lowest BCUT2D eigenvalue weighted by atomic mass is 9.85. The summed E-state index contributed by atoms with van der Waals surface area (Å²) in [5.74, 6) is -1.80. The van der Waals surface area contributed by atoms with Crippen LogP contribution in [-0.2, 0) is 0 Å². The van der Waals surface area contributed by atoms with E-state index < -0.39 is 24.0 Å². The third kappa shape index (κ3) is 3.74. The number of aromatic nitrogens is 3. The van der Waals surface area contributed by atoms with Gasteiger partial charge in [-0.1, -0.05) is 6.42 Å². The molecule has 2 atom stereocenters. The zero-order valence-electron chi connectivity index (χ0n) is 12.8. The molecule has 0 radical (unpaired) electrons. The molecule has 3 rings (SSSR count). The van der Waals surface area contributed by atoms with Crippen LogP contribution in [0.3, 0.4) is 0 Å². The Bertz CT molecular complexity index is 700. The summed E-state index contributed by atoms with van der Waals surface area (Å²) in [4.78, 5) is 20.3. The van der Waals surface area contributed by atoms with Gasteiger partial charge in [-0.3, -0.25) is 9.78 Å². The van der Waals surface area contributed by atoms with Gasteiger partial charge in [-0.15, -0.1) is 0 Å². The molecule has 2 heterocycles. The van der Waals surface area contributed by atoms with Gasteiger partial charge in [-0.25, -0.2) is 4.98 Å². The van der Waals surface area contributed by atoms with E-state index in [0.29, 0.717) is 18.5 Å². The number of nitrogens with one attached hydrogen (secondary N) is 1. The highest BCUT2D eigenvalue weighted by molar-refractivity contribution is 5.92. The molecule has 1 saturated carbocycles. The molecule has 1 N–H and O–H groups in total. The minimum Gasteiger partial charge on any atom is -0.348 e. The van der Waals surface area contributed by atoms with Crippen LogP contribution in [0.1, 0.15) is 36.2 Å². The molecule has 2 aromatic rings. The highest BCUT2D eigenvalue weighted by Crippen LogP contribution is 2.37. The Labute approximate surface area is 136 Å². The molecular formula is C16H17F3N4O. The second kappa shape index (κ2) is 6.62. The SMILES string of the molecule is O=C(NC1CCCC(C(F)(F)F)C1)c1cc(-n2ccnc2)ccn1. The van der Waals surface area contributed by atoms with E-state index in [1.807, 2.05) is 0 Å². The summed E-state index contributed by atoms with van der Waals surface area (Å²) in [5.41, 5.74) is 0.889. The number of nitrogens with zero attached hydrogens (tertiary/aromatic N) is 3. The van der Waals surface area contributed by atoms with Gasteiger partial charge in [0, 0.05) is 24.6 Å². The second-order valence-electron chi connectivity index (χ2n) is 5.94. The summed E-state index contributed by atoms with van der Waals surface area (Å²) < 4.78 is 40.3. The molecule has 1 fully saturated rings. The van der Waals surface area contributed by atoms with Crippen molar-refractivity contribution in [3.05, 3.63) is 42.7 Å². The van der Waals surface area contributed by atoms with Gasteiger partial charge in [-0.2, -0.15) is 13.2 Å². The molecule has 24 heavy (non-hydrogen) atoms. The van der Waals surface area contributed by atoms with Gasteiger partial charge >= 0.3 is 6.18 Å². The lowest BCUT2D eigenvalue weighted by Crippen LogP contribution is -2.41. The highest BCUT2D eigenvalue weighted by atomic mass is 19.4. The van der Waals surface area contributed by atoms with Crippen LogP contribution in [0.2, 0.25) is 0 Å². The third-order valence-corrected chi connectivity index (χ3v) is 4.25. The Balaban J connectivity index is 1.68. The Morgan fingerprint density at radius 2 is 2.12 bits per heavy atom. The quantitative estimate of drug-likeness (QED) is 0.935. The number of halogens is 3. The van der Waals surface area contributed by atoms with Crippen LogP contribution in [0.25, 0.3) is 5.69 Å². The van der Waals surface area contributed by atoms with Crippen LogP contribution in [0.15, 0.2) is 37.1 Å². The molecular weight excluding hydrogens is 321 g/mol. The number of carbonyl (C=O) groups is 1. The summed E-state index contributed by atoms with van der Waals surface area (Å²) in [6.45, 7) is 0. The predicted molar refractivity (Wildman–Crippen MR) is 80.6 cm³/mol. The van der Waals surface area contributed by atoms with Gasteiger partial charge in [0.1, 0.15) is 5.69 Å². The van der Waals surface area contributed by atoms with Crippen molar-refractivity contribution in [3.8, 4) is 5.69 Å². The maximum atomic E-state index is 12.9. The van der Waals surface area contributed by atoms with Crippen molar-refractivity contribution in [2.45, 2.75) is 37.9 Å². The maximum Gasteiger partial charge on any atom is 0.391 e. The number of amides is 1. The zero-order valence-corrected chi connectivity index (χ0v) is 12.8. The van der Waals surface area contributed by atoms with Crippen molar-refractivity contribution in [1.82, 2.24) is 19.9 Å². The second-order valence-corrected chi connectivity index (χ2v) is 5.94. The number of pyridine rings is 1. The van der Waals surface area contributed by atoms with Gasteiger partial charge in [0.2, 0.25) is 0 Å². The van der Waals surface area contributed by atoms with E-state index >= 15 is 0 Å². The molecule has 1 amide bonds. The topological polar surface area (TPSA) is 59.8 Å². The minimum atomic E-state index is -4.21. The molecule has 0 saturated heterocycles. The largest absolute Gasteiger partial charge is 0.391 e. The normalized spacial score (nSPS) is 21.5. The van der Waals surface area contributed by atoms with E-state index in [9.17, 15) is 18.0 Å². The first kappa shape index (κ1) is 16.5. The molecule has 1 aliphatic carbocycles. The van der Waals surface area contributed by atoms with Gasteiger partial charge < -0.3 is 9.88 Å². The minimum absolute atomic E-state index is 0.0730. The Kier molecular flexibility index (Phi) is 4.55. The van der Waals surface area contributed by atoms with Gasteiger partial charge in [0.05, 0.1) is 17.9 Å². The first-order valence-electron chi connectivity index (χ1n) is 7.75. The van der Waals surface area contributed by atoms with E-state index in [-0.39, 0.29) is 18.5 Å². The molecule has 2 aromatic heterocycles. The van der Waals surface area contributed by atoms with Crippen molar-refractivity contribution in [3.63, 3.8) is 0 Å². The monoisotopic (exact) mass is 338 g/mol. The Hall–Kier alpha value is -2.38. The summed E-state index contributed by atoms with van der Waals surface area (Å²) >= 11 is 0. The van der Waals surface area contributed by atoms with Crippen molar-refractivity contribution in [2.75, 3.05) is 0 Å². The first-order valence-corrected chi connectivity index (χ1v) is 7.75. The van der Waals surface area contributed by atoms with Crippen molar-refractivity contribution in [1.29, 1.82) is 0 Å². The van der Waals surface area contributed by atoms with E-state index in [0.717, 1.165) is 0 Å². The Morgan fingerprint density at radius 1 is 1.29 bits per heavy atom. The molecule has 0 bridgehead atoms. The average Bonchev–Trinajstić information content (AvgIpc) is 3.09.